The van der Waals surface area contributed by atoms with E-state index in [0.29, 0.717) is 16.3 Å². The fourth-order valence-electron chi connectivity index (χ4n) is 2.71. The first-order valence-electron chi connectivity index (χ1n) is 8.96. The number of rotatable bonds is 9. The van der Waals surface area contributed by atoms with Crippen LogP contribution < -0.4 is 28.1 Å². The number of nitrogen functional groups attached to an aromatic ring is 1. The zero-order valence-corrected chi connectivity index (χ0v) is 18.2. The molecule has 0 aliphatic carbocycles. The first-order valence-corrected chi connectivity index (χ1v) is 11.0. The van der Waals surface area contributed by atoms with Crippen LogP contribution in [0.25, 0.3) is 0 Å². The predicted molar refractivity (Wildman–Crippen MR) is 117 cm³/mol. The minimum Gasteiger partial charge on any atom is -0.397 e. The Morgan fingerprint density at radius 2 is 1.90 bits per heavy atom. The molecule has 1 aromatic heterocycles. The minimum absolute atomic E-state index is 0.0000196. The van der Waals surface area contributed by atoms with Gasteiger partial charge in [0.05, 0.1) is 18.0 Å². The Labute approximate surface area is 183 Å². The zero-order valence-electron chi connectivity index (χ0n) is 16.7. The lowest BCUT2D eigenvalue weighted by molar-refractivity contribution is -0.122. The Kier molecular flexibility index (Phi) is 7.89. The van der Waals surface area contributed by atoms with E-state index in [1.807, 2.05) is 0 Å². The summed E-state index contributed by atoms with van der Waals surface area (Å²) in [6.07, 6.45) is 0. The summed E-state index contributed by atoms with van der Waals surface area (Å²) in [4.78, 5) is 29.3. The van der Waals surface area contributed by atoms with Crippen LogP contribution in [0.1, 0.15) is 11.3 Å². The number of benzene rings is 1. The second-order valence-corrected chi connectivity index (χ2v) is 8.91. The number of carbonyl (C=O) groups is 1. The Morgan fingerprint density at radius 3 is 2.52 bits per heavy atom. The first-order chi connectivity index (χ1) is 14.5. The van der Waals surface area contributed by atoms with Crippen molar-refractivity contribution >= 4 is 39.0 Å². The number of nitrogens with one attached hydrogen (secondary N) is 1. The topological polar surface area (TPSA) is 185 Å². The molecule has 168 valence electrons. The van der Waals surface area contributed by atoms with Crippen LogP contribution in [0.5, 0.6) is 0 Å². The monoisotopic (exact) mass is 470 g/mol. The van der Waals surface area contributed by atoms with E-state index in [4.69, 9.17) is 33.6 Å². The molecule has 0 bridgehead atoms. The smallest absolute Gasteiger partial charge is 0.272 e. The summed E-state index contributed by atoms with van der Waals surface area (Å²) >= 11 is 5.82. The van der Waals surface area contributed by atoms with Gasteiger partial charge in [0.1, 0.15) is 13.2 Å². The number of anilines is 1. The van der Waals surface area contributed by atoms with Crippen molar-refractivity contribution in [2.45, 2.75) is 24.1 Å². The second kappa shape index (κ2) is 10.2. The fraction of sp³-hybridized carbons (Fsp3) is 0.278. The van der Waals surface area contributed by atoms with Crippen LogP contribution in [-0.4, -0.2) is 38.0 Å². The van der Waals surface area contributed by atoms with Crippen molar-refractivity contribution < 1.29 is 18.0 Å². The van der Waals surface area contributed by atoms with Gasteiger partial charge in [-0.1, -0.05) is 23.7 Å². The number of halogens is 1. The van der Waals surface area contributed by atoms with E-state index >= 15 is 0 Å². The molecule has 0 fully saturated rings. The molecule has 0 unspecified atom stereocenters. The van der Waals surface area contributed by atoms with Crippen molar-refractivity contribution in [1.29, 1.82) is 0 Å². The summed E-state index contributed by atoms with van der Waals surface area (Å²) in [6, 6.07) is 7.52. The number of amides is 1. The molecule has 31 heavy (non-hydrogen) atoms. The van der Waals surface area contributed by atoms with Crippen LogP contribution in [-0.2, 0) is 31.8 Å². The highest BCUT2D eigenvalue weighted by Crippen LogP contribution is 2.21. The Bertz CT molecular complexity index is 1140. The number of aromatic nitrogens is 1. The summed E-state index contributed by atoms with van der Waals surface area (Å²) in [7, 11) is -4.09. The Hall–Kier alpha value is -3.25. The van der Waals surface area contributed by atoms with Gasteiger partial charge >= 0.3 is 0 Å². The summed E-state index contributed by atoms with van der Waals surface area (Å²) in [6.45, 7) is 1.21. The van der Waals surface area contributed by atoms with E-state index in [-0.39, 0.29) is 24.8 Å². The first kappa shape index (κ1) is 24.0. The third kappa shape index (κ3) is 6.62. The molecule has 2 aromatic rings. The number of sulfone groups is 1. The van der Waals surface area contributed by atoms with Gasteiger partial charge in [0.2, 0.25) is 11.9 Å². The van der Waals surface area contributed by atoms with E-state index in [1.165, 1.54) is 6.07 Å². The van der Waals surface area contributed by atoms with Crippen molar-refractivity contribution in [3.8, 4) is 0 Å². The molecular formula is C18H23ClN6O5S. The molecule has 13 heteroatoms. The number of guanidine groups is 1. The van der Waals surface area contributed by atoms with Crippen LogP contribution in [0.15, 0.2) is 45.2 Å². The average molecular weight is 471 g/mol. The molecule has 1 heterocycles. The largest absolute Gasteiger partial charge is 0.397 e. The summed E-state index contributed by atoms with van der Waals surface area (Å²) < 4.78 is 26.8. The van der Waals surface area contributed by atoms with Gasteiger partial charge in [-0.15, -0.1) is 0 Å². The fourth-order valence-corrected chi connectivity index (χ4v) is 4.41. The maximum absolute atomic E-state index is 12.9. The van der Waals surface area contributed by atoms with Crippen LogP contribution in [0, 0.1) is 6.92 Å². The molecule has 1 amide bonds. The quantitative estimate of drug-likeness (QED) is 0.166. The third-order valence-electron chi connectivity index (χ3n) is 4.06. The maximum atomic E-state index is 12.9. The molecule has 0 saturated heterocycles. The van der Waals surface area contributed by atoms with Crippen molar-refractivity contribution in [2.75, 3.05) is 18.9 Å². The lowest BCUT2D eigenvalue weighted by Gasteiger charge is -2.14. The van der Waals surface area contributed by atoms with Crippen LogP contribution in [0.4, 0.5) is 5.69 Å². The zero-order chi connectivity index (χ0) is 23.2. The summed E-state index contributed by atoms with van der Waals surface area (Å²) in [5.41, 5.74) is 15.8. The maximum Gasteiger partial charge on any atom is 0.272 e. The Balaban J connectivity index is 2.22. The standard InChI is InChI=1S/C18H23ClN6O5S/c1-11-8-14(20)16(31(28,29)10-12-2-4-13(19)5-3-12)17(27)25(11)9-15(26)23-6-7-30-24-18(21)22/h2-5,8H,6-7,9-10,20H2,1H3,(H,23,26)(H4,21,22,24). The summed E-state index contributed by atoms with van der Waals surface area (Å²) in [5.74, 6) is -1.24. The number of hydrogen-bond donors (Lipinski definition) is 4. The highest BCUT2D eigenvalue weighted by atomic mass is 35.5. The van der Waals surface area contributed by atoms with E-state index < -0.39 is 38.5 Å². The number of nitrogens with zero attached hydrogens (tertiary/aromatic N) is 2. The molecule has 0 radical (unpaired) electrons. The van der Waals surface area contributed by atoms with E-state index in [2.05, 4.69) is 10.5 Å². The van der Waals surface area contributed by atoms with Crippen molar-refractivity contribution in [3.05, 3.63) is 57.0 Å². The molecule has 0 aliphatic heterocycles. The van der Waals surface area contributed by atoms with Crippen LogP contribution in [0.2, 0.25) is 5.02 Å². The number of pyridine rings is 1. The van der Waals surface area contributed by atoms with Gasteiger partial charge in [-0.2, -0.15) is 0 Å². The van der Waals surface area contributed by atoms with E-state index in [9.17, 15) is 18.0 Å². The number of nitrogens with two attached hydrogens (primary N) is 3. The number of carbonyl (C=O) groups excluding carboxylic acids is 1. The SMILES string of the molecule is Cc1cc(N)c(S(=O)(=O)Cc2ccc(Cl)cc2)c(=O)n1CC(=O)NCCON=C(N)N. The molecule has 0 aliphatic rings. The second-order valence-electron chi connectivity index (χ2n) is 6.55. The molecule has 1 aromatic carbocycles. The molecule has 0 saturated carbocycles. The molecular weight excluding hydrogens is 448 g/mol. The third-order valence-corrected chi connectivity index (χ3v) is 6.06. The van der Waals surface area contributed by atoms with Gasteiger partial charge in [0.25, 0.3) is 5.56 Å². The molecule has 0 spiro atoms. The minimum atomic E-state index is -4.09. The van der Waals surface area contributed by atoms with Gasteiger partial charge in [0, 0.05) is 10.7 Å². The van der Waals surface area contributed by atoms with Gasteiger partial charge in [0.15, 0.2) is 14.7 Å². The predicted octanol–water partition coefficient (Wildman–Crippen LogP) is -0.313. The van der Waals surface area contributed by atoms with Crippen molar-refractivity contribution in [1.82, 2.24) is 9.88 Å². The lowest BCUT2D eigenvalue weighted by Crippen LogP contribution is -2.37. The van der Waals surface area contributed by atoms with Crippen LogP contribution in [0.3, 0.4) is 0 Å². The Morgan fingerprint density at radius 1 is 1.26 bits per heavy atom. The molecule has 7 N–H and O–H groups in total. The number of oxime groups is 1. The molecule has 0 atom stereocenters. The molecule has 2 rings (SSSR count). The van der Waals surface area contributed by atoms with Gasteiger partial charge in [-0.25, -0.2) is 8.42 Å². The molecule has 11 nitrogen and oxygen atoms in total. The van der Waals surface area contributed by atoms with Crippen LogP contribution >= 0.6 is 11.6 Å². The average Bonchev–Trinajstić information content (AvgIpc) is 2.65. The van der Waals surface area contributed by atoms with Gasteiger partial charge < -0.3 is 31.9 Å². The highest BCUT2D eigenvalue weighted by Gasteiger charge is 2.25. The lowest BCUT2D eigenvalue weighted by atomic mass is 10.2. The van der Waals surface area contributed by atoms with Gasteiger partial charge in [-0.3, -0.25) is 9.59 Å². The normalized spacial score (nSPS) is 11.0. The number of aryl methyl sites for hydroxylation is 1. The van der Waals surface area contributed by atoms with Gasteiger partial charge in [-0.05, 0) is 35.8 Å². The highest BCUT2D eigenvalue weighted by molar-refractivity contribution is 7.90. The van der Waals surface area contributed by atoms with Crippen molar-refractivity contribution in [3.63, 3.8) is 0 Å². The van der Waals surface area contributed by atoms with E-state index in [0.717, 1.165) is 4.57 Å². The van der Waals surface area contributed by atoms with E-state index in [1.54, 1.807) is 31.2 Å². The van der Waals surface area contributed by atoms with Crippen molar-refractivity contribution in [2.24, 2.45) is 16.6 Å². The summed E-state index contributed by atoms with van der Waals surface area (Å²) in [5, 5.41) is 6.26. The number of hydrogen-bond acceptors (Lipinski definition) is 7.